The highest BCUT2D eigenvalue weighted by atomic mass is 16.5. The summed E-state index contributed by atoms with van der Waals surface area (Å²) < 4.78 is 10.1. The zero-order chi connectivity index (χ0) is 11.7. The van der Waals surface area contributed by atoms with Crippen molar-refractivity contribution in [1.29, 1.82) is 0 Å². The topological polar surface area (TPSA) is 78.1 Å². The van der Waals surface area contributed by atoms with Crippen LogP contribution in [0.25, 0.3) is 22.4 Å². The summed E-state index contributed by atoms with van der Waals surface area (Å²) in [5.74, 6) is 0.285. The average Bonchev–Trinajstić information content (AvgIpc) is 2.98. The molecule has 2 N–H and O–H groups in total. The van der Waals surface area contributed by atoms with E-state index in [1.807, 2.05) is 18.2 Å². The van der Waals surface area contributed by atoms with E-state index in [2.05, 4.69) is 10.1 Å². The molecule has 0 spiro atoms. The largest absolute Gasteiger partial charge is 0.472 e. The molecule has 0 saturated carbocycles. The summed E-state index contributed by atoms with van der Waals surface area (Å²) in [5.41, 5.74) is 8.97. The van der Waals surface area contributed by atoms with Crippen molar-refractivity contribution in [2.24, 2.45) is 0 Å². The molecule has 17 heavy (non-hydrogen) atoms. The van der Waals surface area contributed by atoms with Crippen molar-refractivity contribution >= 4 is 5.88 Å². The molecule has 3 aromatic rings. The molecule has 0 fully saturated rings. The third-order valence-electron chi connectivity index (χ3n) is 2.48. The number of aromatic nitrogens is 2. The standard InChI is InChI=1S/C12H9N3O2/c13-12-10(8-1-4-14-5-2-8)11(15-17-12)9-3-6-16-7-9/h1-7H,13H2. The fourth-order valence-corrected chi connectivity index (χ4v) is 1.70. The van der Waals surface area contributed by atoms with Gasteiger partial charge in [0, 0.05) is 18.0 Å². The minimum absolute atomic E-state index is 0.285. The van der Waals surface area contributed by atoms with E-state index in [0.717, 1.165) is 16.7 Å². The van der Waals surface area contributed by atoms with Crippen LogP contribution in [0.3, 0.4) is 0 Å². The molecule has 5 heteroatoms. The number of nitrogens with two attached hydrogens (primary N) is 1. The molecule has 3 heterocycles. The average molecular weight is 227 g/mol. The Hall–Kier alpha value is -2.56. The fraction of sp³-hybridized carbons (Fsp3) is 0. The summed E-state index contributed by atoms with van der Waals surface area (Å²) in [6.45, 7) is 0. The number of rotatable bonds is 2. The van der Waals surface area contributed by atoms with Gasteiger partial charge in [0.05, 0.1) is 18.1 Å². The minimum atomic E-state index is 0.285. The number of nitrogens with zero attached hydrogens (tertiary/aromatic N) is 2. The number of pyridine rings is 1. The highest BCUT2D eigenvalue weighted by Crippen LogP contribution is 2.35. The monoisotopic (exact) mass is 227 g/mol. The molecule has 5 nitrogen and oxygen atoms in total. The molecule has 84 valence electrons. The van der Waals surface area contributed by atoms with Gasteiger partial charge >= 0.3 is 0 Å². The Kier molecular flexibility index (Phi) is 2.15. The Morgan fingerprint density at radius 1 is 1.06 bits per heavy atom. The molecule has 0 aromatic carbocycles. The van der Waals surface area contributed by atoms with Crippen LogP contribution in [0, 0.1) is 0 Å². The number of furan rings is 1. The summed E-state index contributed by atoms with van der Waals surface area (Å²) in [6.07, 6.45) is 6.57. The van der Waals surface area contributed by atoms with Crippen LogP contribution in [0.2, 0.25) is 0 Å². The predicted molar refractivity (Wildman–Crippen MR) is 61.8 cm³/mol. The summed E-state index contributed by atoms with van der Waals surface area (Å²) in [5, 5.41) is 3.95. The van der Waals surface area contributed by atoms with Gasteiger partial charge in [0.2, 0.25) is 5.88 Å². The molecular formula is C12H9N3O2. The quantitative estimate of drug-likeness (QED) is 0.727. The Bertz CT molecular complexity index is 615. The lowest BCUT2D eigenvalue weighted by Gasteiger charge is -1.99. The van der Waals surface area contributed by atoms with Gasteiger partial charge < -0.3 is 14.7 Å². The van der Waals surface area contributed by atoms with Gasteiger partial charge in [0.25, 0.3) is 0 Å². The lowest BCUT2D eigenvalue weighted by molar-refractivity contribution is 0.439. The van der Waals surface area contributed by atoms with E-state index in [9.17, 15) is 0 Å². The second-order valence-corrected chi connectivity index (χ2v) is 3.52. The van der Waals surface area contributed by atoms with Crippen molar-refractivity contribution in [2.75, 3.05) is 5.73 Å². The van der Waals surface area contributed by atoms with Crippen molar-refractivity contribution in [1.82, 2.24) is 10.1 Å². The smallest absolute Gasteiger partial charge is 0.230 e. The minimum Gasteiger partial charge on any atom is -0.472 e. The normalized spacial score (nSPS) is 10.6. The van der Waals surface area contributed by atoms with E-state index in [0.29, 0.717) is 5.69 Å². The maximum atomic E-state index is 5.80. The highest BCUT2D eigenvalue weighted by Gasteiger charge is 2.17. The molecule has 0 aliphatic heterocycles. The van der Waals surface area contributed by atoms with Crippen molar-refractivity contribution < 1.29 is 8.94 Å². The molecule has 0 atom stereocenters. The van der Waals surface area contributed by atoms with Crippen LogP contribution in [0.1, 0.15) is 0 Å². The Morgan fingerprint density at radius 3 is 2.59 bits per heavy atom. The number of anilines is 1. The summed E-state index contributed by atoms with van der Waals surface area (Å²) in [6, 6.07) is 5.51. The molecule has 0 aliphatic carbocycles. The van der Waals surface area contributed by atoms with E-state index in [-0.39, 0.29) is 5.88 Å². The van der Waals surface area contributed by atoms with Gasteiger partial charge in [-0.3, -0.25) is 4.98 Å². The number of hydrogen-bond acceptors (Lipinski definition) is 5. The maximum Gasteiger partial charge on any atom is 0.230 e. The lowest BCUT2D eigenvalue weighted by Crippen LogP contribution is -1.87. The second kappa shape index (κ2) is 3.79. The summed E-state index contributed by atoms with van der Waals surface area (Å²) >= 11 is 0. The first kappa shape index (κ1) is 9.65. The van der Waals surface area contributed by atoms with Crippen LogP contribution in [-0.4, -0.2) is 10.1 Å². The van der Waals surface area contributed by atoms with Crippen molar-refractivity contribution in [3.63, 3.8) is 0 Å². The SMILES string of the molecule is Nc1onc(-c2ccoc2)c1-c1ccncc1. The first-order valence-corrected chi connectivity index (χ1v) is 5.04. The molecule has 3 rings (SSSR count). The van der Waals surface area contributed by atoms with E-state index < -0.39 is 0 Å². The zero-order valence-electron chi connectivity index (χ0n) is 8.83. The third kappa shape index (κ3) is 1.57. The van der Waals surface area contributed by atoms with Crippen LogP contribution >= 0.6 is 0 Å². The predicted octanol–water partition coefficient (Wildman–Crippen LogP) is 2.58. The van der Waals surface area contributed by atoms with Gasteiger partial charge in [0.1, 0.15) is 5.69 Å². The Balaban J connectivity index is 2.20. The van der Waals surface area contributed by atoms with Crippen molar-refractivity contribution in [2.45, 2.75) is 0 Å². The molecule has 0 radical (unpaired) electrons. The van der Waals surface area contributed by atoms with E-state index in [1.165, 1.54) is 0 Å². The molecule has 0 bridgehead atoms. The first-order valence-electron chi connectivity index (χ1n) is 5.04. The van der Waals surface area contributed by atoms with Crippen molar-refractivity contribution in [3.05, 3.63) is 43.1 Å². The number of nitrogen functional groups attached to an aromatic ring is 1. The summed E-state index contributed by atoms with van der Waals surface area (Å²) in [7, 11) is 0. The molecule has 0 saturated heterocycles. The zero-order valence-corrected chi connectivity index (χ0v) is 8.83. The molecule has 0 aliphatic rings. The molecule has 3 aromatic heterocycles. The fourth-order valence-electron chi connectivity index (χ4n) is 1.70. The van der Waals surface area contributed by atoms with Gasteiger partial charge in [-0.2, -0.15) is 0 Å². The number of hydrogen-bond donors (Lipinski definition) is 1. The lowest BCUT2D eigenvalue weighted by atomic mass is 10.0. The van der Waals surface area contributed by atoms with E-state index in [1.54, 1.807) is 24.9 Å². The van der Waals surface area contributed by atoms with Gasteiger partial charge in [-0.15, -0.1) is 0 Å². The van der Waals surface area contributed by atoms with Gasteiger partial charge in [0.15, 0.2) is 0 Å². The Morgan fingerprint density at radius 2 is 1.88 bits per heavy atom. The molecule has 0 amide bonds. The van der Waals surface area contributed by atoms with Gasteiger partial charge in [-0.25, -0.2) is 0 Å². The maximum absolute atomic E-state index is 5.80. The molecular weight excluding hydrogens is 218 g/mol. The van der Waals surface area contributed by atoms with Crippen LogP contribution in [0.5, 0.6) is 0 Å². The van der Waals surface area contributed by atoms with E-state index >= 15 is 0 Å². The second-order valence-electron chi connectivity index (χ2n) is 3.52. The van der Waals surface area contributed by atoms with Gasteiger partial charge in [-0.05, 0) is 23.8 Å². The van der Waals surface area contributed by atoms with Crippen LogP contribution in [0.15, 0.2) is 52.1 Å². The van der Waals surface area contributed by atoms with Gasteiger partial charge in [-0.1, -0.05) is 5.16 Å². The highest BCUT2D eigenvalue weighted by molar-refractivity contribution is 5.86. The molecule has 0 unspecified atom stereocenters. The summed E-state index contributed by atoms with van der Waals surface area (Å²) in [4.78, 5) is 3.97. The Labute approximate surface area is 96.9 Å². The van der Waals surface area contributed by atoms with Crippen LogP contribution in [0.4, 0.5) is 5.88 Å². The third-order valence-corrected chi connectivity index (χ3v) is 2.48. The van der Waals surface area contributed by atoms with Crippen LogP contribution in [-0.2, 0) is 0 Å². The first-order chi connectivity index (χ1) is 8.36. The van der Waals surface area contributed by atoms with Crippen LogP contribution < -0.4 is 5.73 Å². The van der Waals surface area contributed by atoms with E-state index in [4.69, 9.17) is 14.7 Å². The van der Waals surface area contributed by atoms with Crippen molar-refractivity contribution in [3.8, 4) is 22.4 Å².